The van der Waals surface area contributed by atoms with Crippen molar-refractivity contribution in [2.45, 2.75) is 12.8 Å². The molecule has 4 rings (SSSR count). The summed E-state index contributed by atoms with van der Waals surface area (Å²) in [6.45, 7) is 2.19. The lowest BCUT2D eigenvalue weighted by Gasteiger charge is -2.22. The van der Waals surface area contributed by atoms with E-state index in [9.17, 15) is 14.4 Å². The summed E-state index contributed by atoms with van der Waals surface area (Å²) in [5.41, 5.74) is 2.78. The number of nitrogens with one attached hydrogen (secondary N) is 1. The van der Waals surface area contributed by atoms with Crippen LogP contribution >= 0.6 is 0 Å². The van der Waals surface area contributed by atoms with Crippen molar-refractivity contribution >= 4 is 23.4 Å². The molecule has 1 aromatic carbocycles. The lowest BCUT2D eigenvalue weighted by molar-refractivity contribution is -0.115. The Morgan fingerprint density at radius 2 is 1.70 bits per heavy atom. The molecule has 1 saturated heterocycles. The molecule has 2 aliphatic rings. The van der Waals surface area contributed by atoms with Crippen LogP contribution in [0.5, 0.6) is 0 Å². The predicted octanol–water partition coefficient (Wildman–Crippen LogP) is 1.56. The van der Waals surface area contributed by atoms with Gasteiger partial charge in [0.15, 0.2) is 0 Å². The maximum Gasteiger partial charge on any atom is 0.255 e. The number of rotatable bonds is 2. The van der Waals surface area contributed by atoms with E-state index in [1.807, 2.05) is 0 Å². The van der Waals surface area contributed by atoms with Crippen LogP contribution < -0.4 is 5.32 Å². The van der Waals surface area contributed by atoms with Crippen molar-refractivity contribution in [2.75, 3.05) is 31.5 Å². The molecule has 138 valence electrons. The normalized spacial score (nSPS) is 16.5. The molecule has 2 aliphatic heterocycles. The summed E-state index contributed by atoms with van der Waals surface area (Å²) in [4.78, 5) is 44.5. The fourth-order valence-electron chi connectivity index (χ4n) is 3.54. The van der Waals surface area contributed by atoms with Crippen LogP contribution in [-0.4, -0.2) is 58.7 Å². The predicted molar refractivity (Wildman–Crippen MR) is 99.4 cm³/mol. The van der Waals surface area contributed by atoms with E-state index in [2.05, 4.69) is 10.3 Å². The van der Waals surface area contributed by atoms with Gasteiger partial charge in [-0.15, -0.1) is 0 Å². The topological polar surface area (TPSA) is 82.6 Å². The van der Waals surface area contributed by atoms with Crippen LogP contribution in [0.3, 0.4) is 0 Å². The van der Waals surface area contributed by atoms with Crippen LogP contribution in [0.15, 0.2) is 42.7 Å². The molecule has 1 N–H and O–H groups in total. The van der Waals surface area contributed by atoms with Gasteiger partial charge >= 0.3 is 0 Å². The largest absolute Gasteiger partial charge is 0.337 e. The summed E-state index contributed by atoms with van der Waals surface area (Å²) in [7, 11) is 0. The van der Waals surface area contributed by atoms with E-state index in [0.717, 1.165) is 17.7 Å². The first-order valence-corrected chi connectivity index (χ1v) is 9.03. The number of amides is 3. The number of fused-ring (bicyclic) bond motifs is 1. The third-order valence-corrected chi connectivity index (χ3v) is 4.96. The van der Waals surface area contributed by atoms with Crippen LogP contribution in [0.1, 0.15) is 32.7 Å². The van der Waals surface area contributed by atoms with Gasteiger partial charge in [-0.05, 0) is 42.3 Å². The first kappa shape index (κ1) is 17.2. The number of carbonyl (C=O) groups is 3. The van der Waals surface area contributed by atoms with Gasteiger partial charge in [0.05, 0.1) is 12.0 Å². The average Bonchev–Trinajstić information content (AvgIpc) is 2.90. The minimum atomic E-state index is -0.0622. The van der Waals surface area contributed by atoms with E-state index in [0.29, 0.717) is 43.7 Å². The van der Waals surface area contributed by atoms with E-state index in [4.69, 9.17) is 0 Å². The van der Waals surface area contributed by atoms with Gasteiger partial charge in [0.1, 0.15) is 0 Å². The zero-order valence-electron chi connectivity index (χ0n) is 14.9. The van der Waals surface area contributed by atoms with Crippen molar-refractivity contribution in [1.29, 1.82) is 0 Å². The molecule has 0 bridgehead atoms. The van der Waals surface area contributed by atoms with E-state index < -0.39 is 0 Å². The number of benzene rings is 1. The summed E-state index contributed by atoms with van der Waals surface area (Å²) >= 11 is 0. The van der Waals surface area contributed by atoms with Crippen molar-refractivity contribution in [3.05, 3.63) is 59.4 Å². The summed E-state index contributed by atoms with van der Waals surface area (Å²) in [6, 6.07) is 8.82. The van der Waals surface area contributed by atoms with Gasteiger partial charge in [0.2, 0.25) is 5.91 Å². The van der Waals surface area contributed by atoms with Crippen molar-refractivity contribution < 1.29 is 14.4 Å². The quantitative estimate of drug-likeness (QED) is 0.877. The number of hydrogen-bond donors (Lipinski definition) is 1. The maximum absolute atomic E-state index is 12.9. The third kappa shape index (κ3) is 3.53. The molecule has 7 nitrogen and oxygen atoms in total. The first-order valence-electron chi connectivity index (χ1n) is 9.03. The molecule has 1 aromatic heterocycles. The van der Waals surface area contributed by atoms with Crippen LogP contribution in [-0.2, 0) is 11.2 Å². The highest BCUT2D eigenvalue weighted by Crippen LogP contribution is 2.24. The molecule has 0 aliphatic carbocycles. The Bertz CT molecular complexity index is 897. The highest BCUT2D eigenvalue weighted by atomic mass is 16.2. The number of aromatic nitrogens is 1. The van der Waals surface area contributed by atoms with Gasteiger partial charge < -0.3 is 15.1 Å². The Labute approximate surface area is 157 Å². The molecule has 1 fully saturated rings. The summed E-state index contributed by atoms with van der Waals surface area (Å²) in [5.74, 6) is -0.165. The van der Waals surface area contributed by atoms with Gasteiger partial charge in [-0.1, -0.05) is 0 Å². The van der Waals surface area contributed by atoms with Crippen molar-refractivity contribution in [1.82, 2.24) is 14.8 Å². The highest BCUT2D eigenvalue weighted by Gasteiger charge is 2.25. The Morgan fingerprint density at radius 1 is 0.963 bits per heavy atom. The van der Waals surface area contributed by atoms with E-state index in [-0.39, 0.29) is 17.7 Å². The fraction of sp³-hybridized carbons (Fsp3) is 0.300. The molecule has 0 radical (unpaired) electrons. The second-order valence-electron chi connectivity index (χ2n) is 6.78. The average molecular weight is 364 g/mol. The lowest BCUT2D eigenvalue weighted by Crippen LogP contribution is -2.37. The minimum Gasteiger partial charge on any atom is -0.337 e. The van der Waals surface area contributed by atoms with E-state index >= 15 is 0 Å². The molecule has 7 heteroatoms. The second-order valence-corrected chi connectivity index (χ2v) is 6.78. The number of pyridine rings is 1. The molecule has 0 atom stereocenters. The van der Waals surface area contributed by atoms with Crippen molar-refractivity contribution in [3.8, 4) is 0 Å². The van der Waals surface area contributed by atoms with E-state index in [1.165, 1.54) is 0 Å². The van der Waals surface area contributed by atoms with Gasteiger partial charge in [-0.2, -0.15) is 0 Å². The highest BCUT2D eigenvalue weighted by molar-refractivity contribution is 6.01. The van der Waals surface area contributed by atoms with Gasteiger partial charge in [-0.3, -0.25) is 19.4 Å². The standard InChI is InChI=1S/C20H20N4O3/c25-18-12-16-11-14(4-5-17(16)22-18)19(26)23-7-2-8-24(10-9-23)20(27)15-3-1-6-21-13-15/h1,3-6,11,13H,2,7-10,12H2,(H,22,25). The van der Waals surface area contributed by atoms with Crippen LogP contribution in [0, 0.1) is 0 Å². The van der Waals surface area contributed by atoms with Crippen molar-refractivity contribution in [3.63, 3.8) is 0 Å². The maximum atomic E-state index is 12.9. The molecule has 2 aromatic rings. The van der Waals surface area contributed by atoms with Crippen molar-refractivity contribution in [2.24, 2.45) is 0 Å². The lowest BCUT2D eigenvalue weighted by atomic mass is 10.1. The molecule has 0 spiro atoms. The van der Waals surface area contributed by atoms with Gasteiger partial charge in [-0.25, -0.2) is 0 Å². The monoisotopic (exact) mass is 364 g/mol. The van der Waals surface area contributed by atoms with Gasteiger partial charge in [0, 0.05) is 49.8 Å². The molecule has 3 amide bonds. The first-order chi connectivity index (χ1) is 13.1. The Kier molecular flexibility index (Phi) is 4.58. The number of hydrogen-bond acceptors (Lipinski definition) is 4. The molecular weight excluding hydrogens is 344 g/mol. The fourth-order valence-corrected chi connectivity index (χ4v) is 3.54. The smallest absolute Gasteiger partial charge is 0.255 e. The summed E-state index contributed by atoms with van der Waals surface area (Å²) < 4.78 is 0. The van der Waals surface area contributed by atoms with Crippen LogP contribution in [0.2, 0.25) is 0 Å². The molecule has 0 saturated carbocycles. The van der Waals surface area contributed by atoms with Crippen LogP contribution in [0.4, 0.5) is 5.69 Å². The number of carbonyl (C=O) groups excluding carboxylic acids is 3. The molecule has 27 heavy (non-hydrogen) atoms. The van der Waals surface area contributed by atoms with Crippen LogP contribution in [0.25, 0.3) is 0 Å². The Balaban J connectivity index is 1.44. The Hall–Kier alpha value is -3.22. The Morgan fingerprint density at radius 3 is 2.41 bits per heavy atom. The zero-order valence-corrected chi connectivity index (χ0v) is 14.9. The second kappa shape index (κ2) is 7.19. The molecular formula is C20H20N4O3. The van der Waals surface area contributed by atoms with Gasteiger partial charge in [0.25, 0.3) is 11.8 Å². The summed E-state index contributed by atoms with van der Waals surface area (Å²) in [5, 5.41) is 2.77. The SMILES string of the molecule is O=C1Cc2cc(C(=O)N3CCCN(C(=O)c4cccnc4)CC3)ccc2N1. The van der Waals surface area contributed by atoms with E-state index in [1.54, 1.807) is 52.5 Å². The number of nitrogens with zero attached hydrogens (tertiary/aromatic N) is 3. The molecule has 3 heterocycles. The number of anilines is 1. The summed E-state index contributed by atoms with van der Waals surface area (Å²) in [6.07, 6.45) is 4.24. The zero-order chi connectivity index (χ0) is 18.8. The molecule has 0 unspecified atom stereocenters. The third-order valence-electron chi connectivity index (χ3n) is 4.96. The minimum absolute atomic E-state index is 0.0473.